The van der Waals surface area contributed by atoms with E-state index in [9.17, 15) is 23.6 Å². The number of carbonyl (C=O) groups is 4. The molecule has 4 amide bonds. The van der Waals surface area contributed by atoms with E-state index in [0.29, 0.717) is 40.8 Å². The van der Waals surface area contributed by atoms with E-state index in [1.165, 1.54) is 18.3 Å². The fourth-order valence-corrected chi connectivity index (χ4v) is 5.83. The van der Waals surface area contributed by atoms with Crippen LogP contribution in [-0.2, 0) is 9.59 Å². The molecule has 2 aliphatic heterocycles. The third-order valence-corrected chi connectivity index (χ3v) is 8.22. The van der Waals surface area contributed by atoms with Crippen molar-refractivity contribution < 1.29 is 23.6 Å². The Morgan fingerprint density at radius 1 is 1.07 bits per heavy atom. The normalized spacial score (nSPS) is 21.8. The zero-order chi connectivity index (χ0) is 30.1. The molecule has 220 valence electrons. The molecule has 1 saturated carbocycles. The van der Waals surface area contributed by atoms with Crippen LogP contribution in [0.5, 0.6) is 0 Å². The van der Waals surface area contributed by atoms with Gasteiger partial charge in [0, 0.05) is 48.7 Å². The molecule has 3 aliphatic rings. The lowest BCUT2D eigenvalue weighted by Gasteiger charge is -2.35. The molecule has 1 atom stereocenters. The lowest BCUT2D eigenvalue weighted by molar-refractivity contribution is -0.136. The van der Waals surface area contributed by atoms with Gasteiger partial charge in [-0.15, -0.1) is 0 Å². The van der Waals surface area contributed by atoms with Crippen molar-refractivity contribution in [3.8, 4) is 0 Å². The maximum Gasteiger partial charge on any atom is 0.262 e. The van der Waals surface area contributed by atoms with Crippen molar-refractivity contribution in [1.82, 2.24) is 25.5 Å². The van der Waals surface area contributed by atoms with Gasteiger partial charge in [-0.05, 0) is 68.4 Å². The monoisotopic (exact) mass is 583 g/mol. The lowest BCUT2D eigenvalue weighted by atomic mass is 9.77. The highest BCUT2D eigenvalue weighted by Gasteiger charge is 2.44. The zero-order valence-electron chi connectivity index (χ0n) is 23.2. The number of carbonyl (C=O) groups excluding carboxylic acids is 4. The fourth-order valence-electron chi connectivity index (χ4n) is 5.83. The van der Waals surface area contributed by atoms with Gasteiger partial charge in [-0.1, -0.05) is 0 Å². The summed E-state index contributed by atoms with van der Waals surface area (Å²) in [5, 5.41) is 16.7. The van der Waals surface area contributed by atoms with E-state index in [0.717, 1.165) is 36.3 Å². The summed E-state index contributed by atoms with van der Waals surface area (Å²) < 4.78 is 13.6. The van der Waals surface area contributed by atoms with Crippen LogP contribution in [0.2, 0.25) is 0 Å². The minimum atomic E-state index is -0.979. The quantitative estimate of drug-likeness (QED) is 0.161. The first-order valence-corrected chi connectivity index (χ1v) is 14.3. The standard InChI is InChI=1S/C31H30FN7O4/c32-19-3-6-24-25(12-19)37-26(16-36-24)18(14-33)15-35-21-10-17(11-21)2-1-9-34-20-4-5-22-23(13-20)31(43)39(30(22)42)27-7-8-28(40)38-29(27)41/h3-6,12-17,21,27,33-35H,1-2,7-11H2,(H,38,40,41)/b18-15+,33-14?. The highest BCUT2D eigenvalue weighted by molar-refractivity contribution is 6.23. The van der Waals surface area contributed by atoms with Crippen molar-refractivity contribution in [1.29, 1.82) is 5.41 Å². The van der Waals surface area contributed by atoms with Crippen molar-refractivity contribution in [3.05, 3.63) is 71.4 Å². The Morgan fingerprint density at radius 2 is 1.88 bits per heavy atom. The van der Waals surface area contributed by atoms with Gasteiger partial charge >= 0.3 is 0 Å². The topological polar surface area (TPSA) is 157 Å². The number of halogens is 1. The van der Waals surface area contributed by atoms with Crippen molar-refractivity contribution in [2.45, 2.75) is 50.6 Å². The molecule has 3 aromatic rings. The summed E-state index contributed by atoms with van der Waals surface area (Å²) in [6.45, 7) is 0.700. The SMILES string of the molecule is N=C/C(=C\NC1CC(CCCNc2ccc3c(c2)C(=O)N(C2CCC(=O)NC2=O)C3=O)C1)c1cnc2ccc(F)cc2n1. The van der Waals surface area contributed by atoms with Gasteiger partial charge in [0.05, 0.1) is 34.1 Å². The molecule has 0 radical (unpaired) electrons. The number of anilines is 1. The number of rotatable bonds is 10. The number of amides is 4. The molecule has 0 spiro atoms. The largest absolute Gasteiger partial charge is 0.388 e. The number of imide groups is 2. The summed E-state index contributed by atoms with van der Waals surface area (Å²) in [6, 6.07) is 8.57. The second-order valence-electron chi connectivity index (χ2n) is 11.1. The fraction of sp³-hybridized carbons (Fsp3) is 0.323. The molecule has 3 heterocycles. The number of benzene rings is 2. The summed E-state index contributed by atoms with van der Waals surface area (Å²) in [5.41, 5.74) is 3.35. The predicted octanol–water partition coefficient (Wildman–Crippen LogP) is 3.42. The summed E-state index contributed by atoms with van der Waals surface area (Å²) in [6.07, 6.45) is 8.72. The second-order valence-corrected chi connectivity index (χ2v) is 11.1. The third kappa shape index (κ3) is 5.72. The Hall–Kier alpha value is -5.00. The predicted molar refractivity (Wildman–Crippen MR) is 157 cm³/mol. The van der Waals surface area contributed by atoms with Crippen molar-refractivity contribution in [3.63, 3.8) is 0 Å². The van der Waals surface area contributed by atoms with Crippen molar-refractivity contribution in [2.75, 3.05) is 11.9 Å². The third-order valence-electron chi connectivity index (χ3n) is 8.22. The molecule has 43 heavy (non-hydrogen) atoms. The number of nitrogens with zero attached hydrogens (tertiary/aromatic N) is 3. The van der Waals surface area contributed by atoms with E-state index in [1.807, 2.05) is 0 Å². The van der Waals surface area contributed by atoms with Gasteiger partial charge in [-0.3, -0.25) is 34.4 Å². The molecule has 6 rings (SSSR count). The summed E-state index contributed by atoms with van der Waals surface area (Å²) in [7, 11) is 0. The van der Waals surface area contributed by atoms with Crippen molar-refractivity contribution >= 4 is 52.1 Å². The van der Waals surface area contributed by atoms with Gasteiger partial charge in [0.2, 0.25) is 11.8 Å². The van der Waals surface area contributed by atoms with Crippen LogP contribution in [0.4, 0.5) is 10.1 Å². The summed E-state index contributed by atoms with van der Waals surface area (Å²) in [5.74, 6) is -1.88. The molecule has 1 aromatic heterocycles. The van der Waals surface area contributed by atoms with E-state index in [1.54, 1.807) is 36.7 Å². The van der Waals surface area contributed by atoms with Crippen molar-refractivity contribution in [2.24, 2.45) is 5.92 Å². The highest BCUT2D eigenvalue weighted by atomic mass is 19.1. The lowest BCUT2D eigenvalue weighted by Crippen LogP contribution is -2.54. The Balaban J connectivity index is 0.955. The van der Waals surface area contributed by atoms with Crippen LogP contribution in [0.1, 0.15) is 64.9 Å². The Morgan fingerprint density at radius 3 is 2.67 bits per heavy atom. The van der Waals surface area contributed by atoms with Crippen LogP contribution in [0.15, 0.2) is 48.8 Å². The van der Waals surface area contributed by atoms with E-state index in [2.05, 4.69) is 25.9 Å². The van der Waals surface area contributed by atoms with Gasteiger partial charge in [0.1, 0.15) is 11.9 Å². The van der Waals surface area contributed by atoms with E-state index in [-0.39, 0.29) is 29.8 Å². The number of hydrogen-bond donors (Lipinski definition) is 4. The Labute approximate surface area is 246 Å². The molecular formula is C31H30FN7O4. The average molecular weight is 584 g/mol. The molecular weight excluding hydrogens is 553 g/mol. The number of nitrogens with one attached hydrogen (secondary N) is 4. The maximum absolute atomic E-state index is 13.6. The number of fused-ring (bicyclic) bond motifs is 2. The highest BCUT2D eigenvalue weighted by Crippen LogP contribution is 2.32. The minimum Gasteiger partial charge on any atom is -0.388 e. The van der Waals surface area contributed by atoms with E-state index in [4.69, 9.17) is 5.41 Å². The van der Waals surface area contributed by atoms with Gasteiger partial charge in [-0.2, -0.15) is 0 Å². The van der Waals surface area contributed by atoms with Gasteiger partial charge in [0.15, 0.2) is 0 Å². The summed E-state index contributed by atoms with van der Waals surface area (Å²) in [4.78, 5) is 59.3. The smallest absolute Gasteiger partial charge is 0.262 e. The first kappa shape index (κ1) is 28.1. The molecule has 2 fully saturated rings. The molecule has 1 unspecified atom stereocenters. The van der Waals surface area contributed by atoms with Crippen LogP contribution in [0.25, 0.3) is 16.6 Å². The first-order valence-electron chi connectivity index (χ1n) is 14.3. The van der Waals surface area contributed by atoms with Gasteiger partial charge < -0.3 is 16.0 Å². The number of piperidine rings is 1. The number of allylic oxidation sites excluding steroid dienone is 1. The Bertz CT molecular complexity index is 1680. The molecule has 2 aromatic carbocycles. The number of aromatic nitrogens is 2. The van der Waals surface area contributed by atoms with Crippen LogP contribution in [0, 0.1) is 17.1 Å². The summed E-state index contributed by atoms with van der Waals surface area (Å²) >= 11 is 0. The van der Waals surface area contributed by atoms with Crippen LogP contribution < -0.4 is 16.0 Å². The molecule has 4 N–H and O–H groups in total. The van der Waals surface area contributed by atoms with Crippen LogP contribution >= 0.6 is 0 Å². The zero-order valence-corrected chi connectivity index (χ0v) is 23.2. The average Bonchev–Trinajstić information content (AvgIpc) is 3.21. The Kier molecular flexibility index (Phi) is 7.66. The molecule has 11 nitrogen and oxygen atoms in total. The van der Waals surface area contributed by atoms with Crippen LogP contribution in [0.3, 0.4) is 0 Å². The van der Waals surface area contributed by atoms with Crippen LogP contribution in [-0.4, -0.2) is 63.3 Å². The van der Waals surface area contributed by atoms with E-state index >= 15 is 0 Å². The molecule has 1 aliphatic carbocycles. The van der Waals surface area contributed by atoms with Gasteiger partial charge in [-0.25, -0.2) is 9.37 Å². The van der Waals surface area contributed by atoms with E-state index < -0.39 is 29.7 Å². The molecule has 12 heteroatoms. The molecule has 0 bridgehead atoms. The second kappa shape index (κ2) is 11.7. The first-order chi connectivity index (χ1) is 20.8. The maximum atomic E-state index is 13.6. The minimum absolute atomic E-state index is 0.0831. The number of hydrogen-bond acceptors (Lipinski definition) is 9. The molecule has 1 saturated heterocycles. The van der Waals surface area contributed by atoms with Gasteiger partial charge in [0.25, 0.3) is 11.8 Å².